The summed E-state index contributed by atoms with van der Waals surface area (Å²) in [5, 5.41) is 11.5. The lowest BCUT2D eigenvalue weighted by molar-refractivity contribution is -0.131. The van der Waals surface area contributed by atoms with Crippen molar-refractivity contribution in [3.63, 3.8) is 0 Å². The highest BCUT2D eigenvalue weighted by Crippen LogP contribution is 2.28. The fourth-order valence-electron chi connectivity index (χ4n) is 2.26. The molecule has 0 spiro atoms. The second kappa shape index (κ2) is 9.88. The molecule has 6 nitrogen and oxygen atoms in total. The molecule has 0 aromatic heterocycles. The number of amides is 1. The molecule has 1 amide bonds. The molecule has 0 atom stereocenters. The van der Waals surface area contributed by atoms with Gasteiger partial charge in [-0.1, -0.05) is 36.4 Å². The van der Waals surface area contributed by atoms with Crippen molar-refractivity contribution in [3.8, 4) is 11.5 Å². The number of nitrogens with one attached hydrogen (secondary N) is 1. The van der Waals surface area contributed by atoms with Crippen LogP contribution in [0.5, 0.6) is 11.5 Å². The first-order valence-electron chi connectivity index (χ1n) is 8.11. The van der Waals surface area contributed by atoms with Crippen LogP contribution in [0.15, 0.2) is 54.6 Å². The van der Waals surface area contributed by atoms with Crippen LogP contribution in [0.3, 0.4) is 0 Å². The lowest BCUT2D eigenvalue weighted by Gasteiger charge is -2.11. The number of carbonyl (C=O) groups excluding carboxylic acids is 1. The summed E-state index contributed by atoms with van der Waals surface area (Å²) in [6.45, 7) is 0.401. The summed E-state index contributed by atoms with van der Waals surface area (Å²) in [7, 11) is 1.48. The zero-order valence-corrected chi connectivity index (χ0v) is 14.5. The molecule has 6 heteroatoms. The average molecular weight is 355 g/mol. The zero-order valence-electron chi connectivity index (χ0n) is 14.5. The summed E-state index contributed by atoms with van der Waals surface area (Å²) >= 11 is 0. The first kappa shape index (κ1) is 19.1. The minimum Gasteiger partial charge on any atom is -0.493 e. The third-order valence-electron chi connectivity index (χ3n) is 3.54. The SMILES string of the molecule is COc1cc(/C=C/C(=O)O)ccc1OCC(=O)NCCc1ccccc1. The fraction of sp³-hybridized carbons (Fsp3) is 0.200. The number of rotatable bonds is 9. The van der Waals surface area contributed by atoms with Gasteiger partial charge >= 0.3 is 5.97 Å². The maximum absolute atomic E-state index is 11.9. The Morgan fingerprint density at radius 2 is 1.88 bits per heavy atom. The van der Waals surface area contributed by atoms with Gasteiger partial charge in [-0.15, -0.1) is 0 Å². The van der Waals surface area contributed by atoms with E-state index in [0.717, 1.165) is 18.1 Å². The van der Waals surface area contributed by atoms with Crippen LogP contribution in [0.4, 0.5) is 0 Å². The smallest absolute Gasteiger partial charge is 0.328 e. The molecule has 2 aromatic rings. The lowest BCUT2D eigenvalue weighted by Crippen LogP contribution is -2.30. The Bertz CT molecular complexity index is 771. The minimum absolute atomic E-state index is 0.130. The molecule has 0 saturated heterocycles. The van der Waals surface area contributed by atoms with E-state index in [1.54, 1.807) is 18.2 Å². The maximum atomic E-state index is 11.9. The van der Waals surface area contributed by atoms with Gasteiger partial charge in [-0.05, 0) is 35.8 Å². The summed E-state index contributed by atoms with van der Waals surface area (Å²) in [6.07, 6.45) is 3.24. The summed E-state index contributed by atoms with van der Waals surface area (Å²) in [5.41, 5.74) is 1.81. The van der Waals surface area contributed by atoms with Gasteiger partial charge in [-0.3, -0.25) is 4.79 Å². The van der Waals surface area contributed by atoms with E-state index in [2.05, 4.69) is 5.32 Å². The highest BCUT2D eigenvalue weighted by molar-refractivity contribution is 5.85. The molecule has 0 saturated carbocycles. The van der Waals surface area contributed by atoms with Crippen molar-refractivity contribution in [2.75, 3.05) is 20.3 Å². The Kier molecular flexibility index (Phi) is 7.24. The number of carboxylic acid groups (broad SMARTS) is 1. The van der Waals surface area contributed by atoms with Crippen molar-refractivity contribution < 1.29 is 24.2 Å². The van der Waals surface area contributed by atoms with Crippen LogP contribution in [0.2, 0.25) is 0 Å². The number of ether oxygens (including phenoxy) is 2. The van der Waals surface area contributed by atoms with E-state index in [9.17, 15) is 9.59 Å². The molecule has 0 heterocycles. The molecule has 2 N–H and O–H groups in total. The van der Waals surface area contributed by atoms with Crippen molar-refractivity contribution in [2.45, 2.75) is 6.42 Å². The number of benzene rings is 2. The van der Waals surface area contributed by atoms with Gasteiger partial charge in [0.15, 0.2) is 18.1 Å². The van der Waals surface area contributed by atoms with E-state index in [-0.39, 0.29) is 12.5 Å². The Morgan fingerprint density at radius 1 is 1.12 bits per heavy atom. The molecule has 0 fully saturated rings. The third-order valence-corrected chi connectivity index (χ3v) is 3.54. The topological polar surface area (TPSA) is 84.9 Å². The van der Waals surface area contributed by atoms with E-state index >= 15 is 0 Å². The number of methoxy groups -OCH3 is 1. The van der Waals surface area contributed by atoms with Crippen LogP contribution in [-0.2, 0) is 16.0 Å². The Balaban J connectivity index is 1.83. The molecule has 2 aromatic carbocycles. The van der Waals surface area contributed by atoms with Crippen molar-refractivity contribution in [1.29, 1.82) is 0 Å². The number of hydrogen-bond donors (Lipinski definition) is 2. The molecule has 0 aliphatic rings. The molecular weight excluding hydrogens is 334 g/mol. The molecule has 0 bridgehead atoms. The fourth-order valence-corrected chi connectivity index (χ4v) is 2.26. The number of carbonyl (C=O) groups is 2. The van der Waals surface area contributed by atoms with E-state index in [4.69, 9.17) is 14.6 Å². The van der Waals surface area contributed by atoms with Gasteiger partial charge in [-0.2, -0.15) is 0 Å². The molecule has 0 radical (unpaired) electrons. The van der Waals surface area contributed by atoms with E-state index < -0.39 is 5.97 Å². The van der Waals surface area contributed by atoms with Gasteiger partial charge in [0.25, 0.3) is 5.91 Å². The highest BCUT2D eigenvalue weighted by atomic mass is 16.5. The molecule has 136 valence electrons. The van der Waals surface area contributed by atoms with Gasteiger partial charge in [0, 0.05) is 12.6 Å². The molecule has 26 heavy (non-hydrogen) atoms. The summed E-state index contributed by atoms with van der Waals surface area (Å²) in [6, 6.07) is 14.8. The third kappa shape index (κ3) is 6.32. The van der Waals surface area contributed by atoms with Gasteiger partial charge in [-0.25, -0.2) is 4.79 Å². The molecule has 0 aliphatic heterocycles. The largest absolute Gasteiger partial charge is 0.493 e. The Morgan fingerprint density at radius 3 is 2.58 bits per heavy atom. The highest BCUT2D eigenvalue weighted by Gasteiger charge is 2.08. The quantitative estimate of drug-likeness (QED) is 0.675. The Hall–Kier alpha value is -3.28. The monoisotopic (exact) mass is 355 g/mol. The van der Waals surface area contributed by atoms with Crippen LogP contribution in [0, 0.1) is 0 Å². The van der Waals surface area contributed by atoms with Crippen LogP contribution in [0.1, 0.15) is 11.1 Å². The van der Waals surface area contributed by atoms with Gasteiger partial charge in [0.1, 0.15) is 0 Å². The molecular formula is C20H21NO5. The van der Waals surface area contributed by atoms with Crippen LogP contribution in [0.25, 0.3) is 6.08 Å². The maximum Gasteiger partial charge on any atom is 0.328 e. The van der Waals surface area contributed by atoms with Crippen molar-refractivity contribution in [1.82, 2.24) is 5.32 Å². The average Bonchev–Trinajstić information content (AvgIpc) is 2.65. The Labute approximate surface area is 152 Å². The van der Waals surface area contributed by atoms with Crippen LogP contribution in [-0.4, -0.2) is 37.2 Å². The normalized spacial score (nSPS) is 10.5. The van der Waals surface area contributed by atoms with Gasteiger partial charge < -0.3 is 19.9 Å². The van der Waals surface area contributed by atoms with Crippen molar-refractivity contribution in [3.05, 3.63) is 65.7 Å². The number of carboxylic acids is 1. The summed E-state index contributed by atoms with van der Waals surface area (Å²) < 4.78 is 10.7. The molecule has 2 rings (SSSR count). The standard InChI is InChI=1S/C20H21NO5/c1-25-18-13-16(8-10-20(23)24)7-9-17(18)26-14-19(22)21-12-11-15-5-3-2-4-6-15/h2-10,13H,11-12,14H2,1H3,(H,21,22)(H,23,24)/b10-8+. The lowest BCUT2D eigenvalue weighted by atomic mass is 10.1. The predicted octanol–water partition coefficient (Wildman–Crippen LogP) is 2.53. The first-order chi connectivity index (χ1) is 12.6. The molecule has 0 unspecified atom stereocenters. The van der Waals surface area contributed by atoms with Crippen molar-refractivity contribution >= 4 is 18.0 Å². The van der Waals surface area contributed by atoms with Crippen LogP contribution >= 0.6 is 0 Å². The first-order valence-corrected chi connectivity index (χ1v) is 8.11. The van der Waals surface area contributed by atoms with E-state index in [0.29, 0.717) is 23.6 Å². The van der Waals surface area contributed by atoms with Crippen LogP contribution < -0.4 is 14.8 Å². The summed E-state index contributed by atoms with van der Waals surface area (Å²) in [4.78, 5) is 22.5. The minimum atomic E-state index is -1.03. The van der Waals surface area contributed by atoms with Gasteiger partial charge in [0.05, 0.1) is 7.11 Å². The van der Waals surface area contributed by atoms with E-state index in [1.165, 1.54) is 13.2 Å². The second-order valence-corrected chi connectivity index (χ2v) is 5.46. The zero-order chi connectivity index (χ0) is 18.8. The summed E-state index contributed by atoms with van der Waals surface area (Å²) in [5.74, 6) is -0.415. The number of hydrogen-bond acceptors (Lipinski definition) is 4. The van der Waals surface area contributed by atoms with Crippen molar-refractivity contribution in [2.24, 2.45) is 0 Å². The number of aliphatic carboxylic acids is 1. The van der Waals surface area contributed by atoms with E-state index in [1.807, 2.05) is 30.3 Å². The molecule has 0 aliphatic carbocycles. The van der Waals surface area contributed by atoms with Gasteiger partial charge in [0.2, 0.25) is 0 Å². The second-order valence-electron chi connectivity index (χ2n) is 5.46. The predicted molar refractivity (Wildman–Crippen MR) is 98.3 cm³/mol.